The lowest BCUT2D eigenvalue weighted by Crippen LogP contribution is -1.93. The molecule has 1 rings (SSSR count). The zero-order chi connectivity index (χ0) is 7.72. The minimum Gasteiger partial charge on any atom is -0.391 e. The van der Waals surface area contributed by atoms with Gasteiger partial charge < -0.3 is 4.98 Å². The lowest BCUT2D eigenvalue weighted by Gasteiger charge is -2.15. The van der Waals surface area contributed by atoms with Gasteiger partial charge in [0.25, 0.3) is 0 Å². The van der Waals surface area contributed by atoms with Gasteiger partial charge in [0, 0.05) is 0 Å². The largest absolute Gasteiger partial charge is 0.391 e. The quantitative estimate of drug-likeness (QED) is 0.495. The smallest absolute Gasteiger partial charge is 0.0607 e. The van der Waals surface area contributed by atoms with Crippen LogP contribution < -0.4 is 0 Å². The summed E-state index contributed by atoms with van der Waals surface area (Å²) in [5.74, 6) is 0. The molecule has 1 aromatic rings. The Morgan fingerprint density at radius 1 is 1.00 bits per heavy atom. The molecule has 0 amide bonds. The zero-order valence-electron chi connectivity index (χ0n) is 6.95. The molecule has 0 aliphatic carbocycles. The van der Waals surface area contributed by atoms with E-state index < -0.39 is 0 Å². The van der Waals surface area contributed by atoms with Crippen molar-refractivity contribution in [2.24, 2.45) is 0 Å². The Morgan fingerprint density at radius 3 is 2.10 bits per heavy atom. The summed E-state index contributed by atoms with van der Waals surface area (Å²) in [6, 6.07) is 0. The van der Waals surface area contributed by atoms with Crippen molar-refractivity contribution in [1.82, 2.24) is 4.98 Å². The minimum absolute atomic E-state index is 1.09. The zero-order valence-corrected chi connectivity index (χ0v) is 6.95. The fourth-order valence-corrected chi connectivity index (χ4v) is 0.888. The van der Waals surface area contributed by atoms with Crippen LogP contribution in [0.1, 0.15) is 22.4 Å². The molecule has 0 atom stereocenters. The van der Waals surface area contributed by atoms with Crippen molar-refractivity contribution in [3.8, 4) is 0 Å². The topological polar surface area (TPSA) is 12.9 Å². The van der Waals surface area contributed by atoms with Crippen molar-refractivity contribution in [2.45, 2.75) is 27.7 Å². The van der Waals surface area contributed by atoms with Crippen LogP contribution in [-0.4, -0.2) is 4.98 Å². The maximum atomic E-state index is 4.11. The summed E-state index contributed by atoms with van der Waals surface area (Å²) in [5.41, 5.74) is 4.84. The second kappa shape index (κ2) is 2.41. The van der Waals surface area contributed by atoms with Gasteiger partial charge in [-0.15, -0.1) is 11.1 Å². The van der Waals surface area contributed by atoms with E-state index in [9.17, 15) is 0 Å². The second-order valence-corrected chi connectivity index (χ2v) is 2.68. The first kappa shape index (κ1) is 7.26. The predicted molar refractivity (Wildman–Crippen MR) is 42.0 cm³/mol. The fraction of sp³-hybridized carbons (Fsp3) is 0.444. The van der Waals surface area contributed by atoms with Crippen LogP contribution in [0.15, 0.2) is 0 Å². The average Bonchev–Trinajstić information content (AvgIpc) is 1.93. The monoisotopic (exact) mass is 134 g/mol. The van der Waals surface area contributed by atoms with Gasteiger partial charge in [-0.05, 0) is 0 Å². The lowest BCUT2D eigenvalue weighted by molar-refractivity contribution is 1.08. The molecule has 1 nitrogen and oxygen atoms in total. The first-order chi connectivity index (χ1) is 4.63. The van der Waals surface area contributed by atoms with Gasteiger partial charge in [0.15, 0.2) is 0 Å². The van der Waals surface area contributed by atoms with E-state index in [1.165, 1.54) is 11.1 Å². The van der Waals surface area contributed by atoms with E-state index in [2.05, 4.69) is 25.0 Å². The number of pyridine rings is 1. The van der Waals surface area contributed by atoms with Crippen molar-refractivity contribution < 1.29 is 0 Å². The highest BCUT2D eigenvalue weighted by atomic mass is 14.7. The third-order valence-electron chi connectivity index (χ3n) is 2.06. The van der Waals surface area contributed by atoms with Crippen LogP contribution in [0.3, 0.4) is 0 Å². The fourth-order valence-electron chi connectivity index (χ4n) is 0.888. The van der Waals surface area contributed by atoms with Crippen LogP contribution in [0.2, 0.25) is 0 Å². The molecular formula is C9H12N-. The molecule has 1 heteroatoms. The average molecular weight is 134 g/mol. The molecule has 0 N–H and O–H groups in total. The van der Waals surface area contributed by atoms with E-state index in [-0.39, 0.29) is 0 Å². The van der Waals surface area contributed by atoms with Crippen LogP contribution in [0, 0.1) is 33.9 Å². The Morgan fingerprint density at radius 2 is 1.60 bits per heavy atom. The summed E-state index contributed by atoms with van der Waals surface area (Å²) in [4.78, 5) is 4.11. The van der Waals surface area contributed by atoms with E-state index in [0.717, 1.165) is 11.3 Å². The van der Waals surface area contributed by atoms with Crippen LogP contribution in [0.25, 0.3) is 0 Å². The minimum atomic E-state index is 1.09. The molecule has 1 heterocycles. The van der Waals surface area contributed by atoms with Crippen LogP contribution in [0.5, 0.6) is 0 Å². The Bertz CT molecular complexity index is 224. The number of hydrogen-bond acceptors (Lipinski definition) is 1. The van der Waals surface area contributed by atoms with Gasteiger partial charge in [-0.2, -0.15) is 5.56 Å². The summed E-state index contributed by atoms with van der Waals surface area (Å²) in [5, 5.41) is 0. The highest BCUT2D eigenvalue weighted by molar-refractivity contribution is 5.32. The maximum Gasteiger partial charge on any atom is -0.0607 e. The summed E-state index contributed by atoms with van der Waals surface area (Å²) in [7, 11) is 0. The molecule has 0 saturated carbocycles. The third kappa shape index (κ3) is 1.04. The highest BCUT2D eigenvalue weighted by Crippen LogP contribution is 2.12. The molecule has 0 fully saturated rings. The molecule has 0 aromatic carbocycles. The molecule has 0 aliphatic rings. The molecule has 0 radical (unpaired) electrons. The van der Waals surface area contributed by atoms with Gasteiger partial charge in [0.1, 0.15) is 0 Å². The van der Waals surface area contributed by atoms with Gasteiger partial charge in [-0.1, -0.05) is 39.6 Å². The summed E-state index contributed by atoms with van der Waals surface area (Å²) >= 11 is 0. The predicted octanol–water partition coefficient (Wildman–Crippen LogP) is 2.12. The second-order valence-electron chi connectivity index (χ2n) is 2.68. The lowest BCUT2D eigenvalue weighted by atomic mass is 10.1. The summed E-state index contributed by atoms with van der Waals surface area (Å²) in [6.45, 7) is 8.25. The number of rotatable bonds is 0. The molecule has 10 heavy (non-hydrogen) atoms. The van der Waals surface area contributed by atoms with Crippen LogP contribution in [-0.2, 0) is 0 Å². The molecule has 0 bridgehead atoms. The molecule has 0 unspecified atom stereocenters. The molecule has 1 aromatic heterocycles. The Hall–Kier alpha value is -0.850. The normalized spacial score (nSPS) is 10.0. The molecular weight excluding hydrogens is 122 g/mol. The Labute approximate surface area is 62.1 Å². The molecule has 54 valence electrons. The number of hydrogen-bond donors (Lipinski definition) is 0. The summed E-state index contributed by atoms with van der Waals surface area (Å²) < 4.78 is 0. The van der Waals surface area contributed by atoms with Gasteiger partial charge in [0.2, 0.25) is 0 Å². The SMILES string of the molecule is Cc1[c-]nc(C)c(C)c1C. The van der Waals surface area contributed by atoms with E-state index in [1.807, 2.05) is 13.8 Å². The van der Waals surface area contributed by atoms with Crippen LogP contribution >= 0.6 is 0 Å². The van der Waals surface area contributed by atoms with Crippen molar-refractivity contribution in [3.05, 3.63) is 28.6 Å². The number of aromatic nitrogens is 1. The van der Waals surface area contributed by atoms with Crippen molar-refractivity contribution in [2.75, 3.05) is 0 Å². The number of nitrogens with zero attached hydrogens (tertiary/aromatic N) is 1. The van der Waals surface area contributed by atoms with Crippen LogP contribution in [0.4, 0.5) is 0 Å². The molecule has 0 aliphatic heterocycles. The molecule has 0 spiro atoms. The van der Waals surface area contributed by atoms with Crippen molar-refractivity contribution in [1.29, 1.82) is 0 Å². The third-order valence-corrected chi connectivity index (χ3v) is 2.06. The standard InChI is InChI=1S/C9H12N/c1-6-5-10-9(4)8(3)7(6)2/h1-4H3/q-1. The van der Waals surface area contributed by atoms with E-state index >= 15 is 0 Å². The highest BCUT2D eigenvalue weighted by Gasteiger charge is 1.89. The Kier molecular flexibility index (Phi) is 1.75. The van der Waals surface area contributed by atoms with Gasteiger partial charge in [-0.3, -0.25) is 0 Å². The first-order valence-corrected chi connectivity index (χ1v) is 3.45. The van der Waals surface area contributed by atoms with Gasteiger partial charge in [-0.25, -0.2) is 0 Å². The first-order valence-electron chi connectivity index (χ1n) is 3.45. The Balaban J connectivity index is 3.34. The van der Waals surface area contributed by atoms with E-state index in [1.54, 1.807) is 0 Å². The molecule has 0 saturated heterocycles. The number of aryl methyl sites for hydroxylation is 2. The van der Waals surface area contributed by atoms with Crippen molar-refractivity contribution in [3.63, 3.8) is 0 Å². The van der Waals surface area contributed by atoms with Gasteiger partial charge in [0.05, 0.1) is 0 Å². The van der Waals surface area contributed by atoms with E-state index in [4.69, 9.17) is 0 Å². The van der Waals surface area contributed by atoms with E-state index in [0.29, 0.717) is 0 Å². The van der Waals surface area contributed by atoms with Crippen molar-refractivity contribution >= 4 is 0 Å². The summed E-state index contributed by atoms with van der Waals surface area (Å²) in [6.07, 6.45) is 2.96. The maximum absolute atomic E-state index is 4.11. The van der Waals surface area contributed by atoms with Gasteiger partial charge >= 0.3 is 0 Å².